The van der Waals surface area contributed by atoms with Gasteiger partial charge in [0.25, 0.3) is 5.91 Å². The molecule has 0 aliphatic heterocycles. The summed E-state index contributed by atoms with van der Waals surface area (Å²) in [5.41, 5.74) is 18.6. The third kappa shape index (κ3) is 2.64. The number of benzene rings is 1. The number of rotatable bonds is 3. The fourth-order valence-electron chi connectivity index (χ4n) is 2.43. The van der Waals surface area contributed by atoms with Crippen molar-refractivity contribution >= 4 is 34.5 Å². The molecule has 116 valence electrons. The van der Waals surface area contributed by atoms with Gasteiger partial charge in [-0.1, -0.05) is 12.1 Å². The van der Waals surface area contributed by atoms with E-state index in [9.17, 15) is 9.59 Å². The molecule has 0 aliphatic carbocycles. The van der Waals surface area contributed by atoms with Gasteiger partial charge in [0, 0.05) is 22.7 Å². The molecule has 0 fully saturated rings. The molecule has 0 spiro atoms. The zero-order valence-electron chi connectivity index (χ0n) is 12.0. The number of carbonyl (C=O) groups is 2. The summed E-state index contributed by atoms with van der Waals surface area (Å²) in [6.07, 6.45) is 1.65. The van der Waals surface area contributed by atoms with Crippen LogP contribution in [0.15, 0.2) is 36.5 Å². The molecule has 3 amide bonds. The number of aromatic amines is 1. The van der Waals surface area contributed by atoms with Crippen molar-refractivity contribution in [2.24, 2.45) is 11.5 Å². The number of anilines is 2. The molecule has 3 aromatic rings. The van der Waals surface area contributed by atoms with Crippen LogP contribution in [0, 0.1) is 0 Å². The van der Waals surface area contributed by atoms with Gasteiger partial charge in [0.2, 0.25) is 0 Å². The largest absolute Gasteiger partial charge is 0.384 e. The van der Waals surface area contributed by atoms with Crippen LogP contribution in [0.4, 0.5) is 16.4 Å². The molecular weight excluding hydrogens is 296 g/mol. The van der Waals surface area contributed by atoms with Gasteiger partial charge >= 0.3 is 6.03 Å². The fourth-order valence-corrected chi connectivity index (χ4v) is 2.43. The van der Waals surface area contributed by atoms with E-state index in [1.807, 2.05) is 18.2 Å². The molecule has 8 heteroatoms. The number of primary amides is 2. The molecule has 0 atom stereocenters. The van der Waals surface area contributed by atoms with Gasteiger partial charge in [-0.15, -0.1) is 0 Å². The molecule has 2 aromatic heterocycles. The first-order valence-electron chi connectivity index (χ1n) is 6.69. The number of hydrogen-bond donors (Lipinski definition) is 5. The van der Waals surface area contributed by atoms with E-state index in [2.05, 4.69) is 15.3 Å². The van der Waals surface area contributed by atoms with Crippen LogP contribution in [-0.4, -0.2) is 21.9 Å². The van der Waals surface area contributed by atoms with E-state index in [0.29, 0.717) is 16.7 Å². The predicted octanol–water partition coefficient (Wildman–Crippen LogP) is 1.40. The molecule has 8 nitrogen and oxygen atoms in total. The number of fused-ring (bicyclic) bond motifs is 1. The summed E-state index contributed by atoms with van der Waals surface area (Å²) in [6.45, 7) is 0. The quantitative estimate of drug-likeness (QED) is 0.496. The monoisotopic (exact) mass is 310 g/mol. The number of amides is 3. The molecule has 0 unspecified atom stereocenters. The Kier molecular flexibility index (Phi) is 3.34. The topological polar surface area (TPSA) is 153 Å². The lowest BCUT2D eigenvalue weighted by molar-refractivity contribution is 0.100. The Bertz CT molecular complexity index is 914. The number of H-pyrrole nitrogens is 1. The summed E-state index contributed by atoms with van der Waals surface area (Å²) >= 11 is 0. The minimum absolute atomic E-state index is 0.174. The normalized spacial score (nSPS) is 10.6. The average Bonchev–Trinajstić information content (AvgIpc) is 2.84. The van der Waals surface area contributed by atoms with Gasteiger partial charge in [-0.05, 0) is 23.8 Å². The Morgan fingerprint density at radius 3 is 2.43 bits per heavy atom. The minimum Gasteiger partial charge on any atom is -0.384 e. The number of carbonyl (C=O) groups excluding carboxylic acids is 2. The van der Waals surface area contributed by atoms with Crippen LogP contribution >= 0.6 is 0 Å². The first-order valence-corrected chi connectivity index (χ1v) is 6.69. The second-order valence-corrected chi connectivity index (χ2v) is 4.96. The second-order valence-electron chi connectivity index (χ2n) is 4.96. The highest BCUT2D eigenvalue weighted by molar-refractivity contribution is 6.13. The lowest BCUT2D eigenvalue weighted by atomic mass is 10.0. The number of pyridine rings is 1. The zero-order valence-corrected chi connectivity index (χ0v) is 12.0. The highest BCUT2D eigenvalue weighted by Crippen LogP contribution is 2.30. The number of nitrogens with two attached hydrogens (primary N) is 3. The lowest BCUT2D eigenvalue weighted by Gasteiger charge is -2.02. The van der Waals surface area contributed by atoms with Gasteiger partial charge in [-0.2, -0.15) is 0 Å². The van der Waals surface area contributed by atoms with Crippen LogP contribution in [-0.2, 0) is 0 Å². The first kappa shape index (κ1) is 14.4. The van der Waals surface area contributed by atoms with Crippen molar-refractivity contribution in [2.75, 3.05) is 11.1 Å². The third-order valence-electron chi connectivity index (χ3n) is 3.41. The van der Waals surface area contributed by atoms with E-state index >= 15 is 0 Å². The maximum absolute atomic E-state index is 11.7. The molecular formula is C15H14N6O2. The summed E-state index contributed by atoms with van der Waals surface area (Å²) < 4.78 is 0. The number of urea groups is 1. The second kappa shape index (κ2) is 5.34. The maximum Gasteiger partial charge on any atom is 0.317 e. The Labute approximate surface area is 130 Å². The van der Waals surface area contributed by atoms with Crippen molar-refractivity contribution in [2.45, 2.75) is 0 Å². The Hall–Kier alpha value is -3.55. The molecule has 0 radical (unpaired) electrons. The van der Waals surface area contributed by atoms with Crippen molar-refractivity contribution < 1.29 is 9.59 Å². The van der Waals surface area contributed by atoms with E-state index in [1.54, 1.807) is 18.3 Å². The molecule has 0 aliphatic rings. The van der Waals surface area contributed by atoms with E-state index in [1.165, 1.54) is 0 Å². The molecule has 2 heterocycles. The average molecular weight is 310 g/mol. The molecule has 1 aromatic carbocycles. The fraction of sp³-hybridized carbons (Fsp3) is 0. The van der Waals surface area contributed by atoms with E-state index in [-0.39, 0.29) is 11.4 Å². The van der Waals surface area contributed by atoms with Gasteiger partial charge in [0.1, 0.15) is 11.6 Å². The van der Waals surface area contributed by atoms with Gasteiger partial charge in [-0.3, -0.25) is 10.1 Å². The van der Waals surface area contributed by atoms with Crippen LogP contribution in [0.2, 0.25) is 0 Å². The molecule has 8 N–H and O–H groups in total. The molecule has 0 saturated carbocycles. The van der Waals surface area contributed by atoms with Crippen LogP contribution in [0.3, 0.4) is 0 Å². The van der Waals surface area contributed by atoms with Crippen molar-refractivity contribution in [1.82, 2.24) is 9.97 Å². The lowest BCUT2D eigenvalue weighted by Crippen LogP contribution is -2.22. The van der Waals surface area contributed by atoms with Crippen LogP contribution in [0.1, 0.15) is 10.4 Å². The predicted molar refractivity (Wildman–Crippen MR) is 87.7 cm³/mol. The Balaban J connectivity index is 2.15. The number of nitrogens with zero attached hydrogens (tertiary/aromatic N) is 1. The van der Waals surface area contributed by atoms with Crippen molar-refractivity contribution in [3.8, 4) is 11.1 Å². The number of nitrogens with one attached hydrogen (secondary N) is 2. The SMILES string of the molecule is NC(=O)Nc1[nH]c2cc(-c3ccc(N)nc3)ccc2c1C(N)=O. The summed E-state index contributed by atoms with van der Waals surface area (Å²) in [5, 5.41) is 2.96. The van der Waals surface area contributed by atoms with Gasteiger partial charge < -0.3 is 22.2 Å². The van der Waals surface area contributed by atoms with Crippen molar-refractivity contribution in [3.05, 3.63) is 42.1 Å². The highest BCUT2D eigenvalue weighted by atomic mass is 16.2. The summed E-state index contributed by atoms with van der Waals surface area (Å²) in [5.74, 6) is -0.0619. The third-order valence-corrected chi connectivity index (χ3v) is 3.41. The number of nitrogen functional groups attached to an aromatic ring is 1. The van der Waals surface area contributed by atoms with Crippen LogP contribution < -0.4 is 22.5 Å². The molecule has 0 saturated heterocycles. The number of aromatic nitrogens is 2. The van der Waals surface area contributed by atoms with Crippen molar-refractivity contribution in [1.29, 1.82) is 0 Å². The van der Waals surface area contributed by atoms with Crippen molar-refractivity contribution in [3.63, 3.8) is 0 Å². The molecule has 23 heavy (non-hydrogen) atoms. The number of hydrogen-bond acceptors (Lipinski definition) is 4. The van der Waals surface area contributed by atoms with Crippen LogP contribution in [0.5, 0.6) is 0 Å². The van der Waals surface area contributed by atoms with E-state index in [4.69, 9.17) is 17.2 Å². The highest BCUT2D eigenvalue weighted by Gasteiger charge is 2.17. The van der Waals surface area contributed by atoms with Gasteiger partial charge in [-0.25, -0.2) is 9.78 Å². The first-order chi connectivity index (χ1) is 11.0. The van der Waals surface area contributed by atoms with E-state index < -0.39 is 11.9 Å². The van der Waals surface area contributed by atoms with Gasteiger partial charge in [0.15, 0.2) is 0 Å². The molecule has 3 rings (SSSR count). The summed E-state index contributed by atoms with van der Waals surface area (Å²) in [6, 6.07) is 8.13. The Morgan fingerprint density at radius 1 is 1.09 bits per heavy atom. The zero-order chi connectivity index (χ0) is 16.6. The van der Waals surface area contributed by atoms with Crippen LogP contribution in [0.25, 0.3) is 22.0 Å². The molecule has 0 bridgehead atoms. The Morgan fingerprint density at radius 2 is 1.83 bits per heavy atom. The smallest absolute Gasteiger partial charge is 0.317 e. The standard InChI is InChI=1S/C15H14N6O2/c16-11-4-2-8(6-19-11)7-1-3-9-10(5-7)20-14(21-15(18)23)12(9)13(17)22/h1-6,20H,(H2,16,19)(H2,17,22)(H3,18,21,23). The van der Waals surface area contributed by atoms with E-state index in [0.717, 1.165) is 11.1 Å². The minimum atomic E-state index is -0.790. The maximum atomic E-state index is 11.7. The van der Waals surface area contributed by atoms with Gasteiger partial charge in [0.05, 0.1) is 5.56 Å². The summed E-state index contributed by atoms with van der Waals surface area (Å²) in [7, 11) is 0. The summed E-state index contributed by atoms with van der Waals surface area (Å²) in [4.78, 5) is 29.7.